The molecule has 1 aromatic heterocycles. The number of amides is 1. The van der Waals surface area contributed by atoms with Crippen LogP contribution in [-0.2, 0) is 21.2 Å². The first-order chi connectivity index (χ1) is 10.8. The van der Waals surface area contributed by atoms with Gasteiger partial charge in [-0.2, -0.15) is 5.26 Å². The number of hydrogen-bond donors (Lipinski definition) is 1. The Morgan fingerprint density at radius 1 is 1.39 bits per heavy atom. The van der Waals surface area contributed by atoms with E-state index in [0.29, 0.717) is 15.9 Å². The summed E-state index contributed by atoms with van der Waals surface area (Å²) in [6, 6.07) is 7.53. The van der Waals surface area contributed by atoms with Crippen molar-refractivity contribution in [2.75, 3.05) is 0 Å². The summed E-state index contributed by atoms with van der Waals surface area (Å²) in [5.74, 6) is -0.0460. The Balaban J connectivity index is 2.07. The van der Waals surface area contributed by atoms with Crippen molar-refractivity contribution in [3.63, 3.8) is 0 Å². The van der Waals surface area contributed by atoms with Crippen molar-refractivity contribution in [1.29, 1.82) is 5.26 Å². The second kappa shape index (κ2) is 6.93. The van der Waals surface area contributed by atoms with Crippen LogP contribution in [0.3, 0.4) is 0 Å². The van der Waals surface area contributed by atoms with Crippen molar-refractivity contribution in [1.82, 2.24) is 9.88 Å². The summed E-state index contributed by atoms with van der Waals surface area (Å²) < 4.78 is 31.6. The molecule has 1 amide bonds. The van der Waals surface area contributed by atoms with Crippen LogP contribution in [0, 0.1) is 18.3 Å². The molecular weight excluding hydrogens is 386 g/mol. The summed E-state index contributed by atoms with van der Waals surface area (Å²) in [5, 5.41) is 12.6. The monoisotopic (exact) mass is 397 g/mol. The van der Waals surface area contributed by atoms with E-state index in [1.54, 1.807) is 13.0 Å². The van der Waals surface area contributed by atoms with Crippen LogP contribution in [0.4, 0.5) is 0 Å². The fourth-order valence-electron chi connectivity index (χ4n) is 1.82. The average Bonchev–Trinajstić information content (AvgIpc) is 2.89. The summed E-state index contributed by atoms with van der Waals surface area (Å²) in [6.45, 7) is 1.72. The van der Waals surface area contributed by atoms with Crippen LogP contribution in [0.1, 0.15) is 23.4 Å². The molecule has 0 aliphatic heterocycles. The highest BCUT2D eigenvalue weighted by atomic mass is 79.9. The van der Waals surface area contributed by atoms with Gasteiger partial charge in [-0.25, -0.2) is 13.1 Å². The smallest absolute Gasteiger partial charge is 0.264 e. The molecule has 2 aromatic rings. The molecule has 1 N–H and O–H groups in total. The van der Waals surface area contributed by atoms with Crippen molar-refractivity contribution in [3.8, 4) is 6.07 Å². The number of nitrogens with zero attached hydrogens (tertiary/aromatic N) is 2. The summed E-state index contributed by atoms with van der Waals surface area (Å²) in [4.78, 5) is 11.7. The molecule has 0 unspecified atom stereocenters. The first kappa shape index (κ1) is 17.2. The highest BCUT2D eigenvalue weighted by Crippen LogP contribution is 2.19. The van der Waals surface area contributed by atoms with Gasteiger partial charge in [-0.1, -0.05) is 21.1 Å². The Bertz CT molecular complexity index is 884. The van der Waals surface area contributed by atoms with E-state index in [0.717, 1.165) is 0 Å². The van der Waals surface area contributed by atoms with Crippen LogP contribution in [0.5, 0.6) is 0 Å². The van der Waals surface area contributed by atoms with E-state index in [2.05, 4.69) is 21.1 Å². The molecule has 0 atom stereocenters. The molecule has 120 valence electrons. The van der Waals surface area contributed by atoms with Gasteiger partial charge >= 0.3 is 0 Å². The molecule has 0 aliphatic rings. The van der Waals surface area contributed by atoms with E-state index in [1.807, 2.05) is 10.8 Å². The van der Waals surface area contributed by atoms with Gasteiger partial charge in [-0.3, -0.25) is 4.79 Å². The normalized spacial score (nSPS) is 11.0. The van der Waals surface area contributed by atoms with Gasteiger partial charge in [0.1, 0.15) is 5.76 Å². The number of rotatable bonds is 5. The van der Waals surface area contributed by atoms with E-state index < -0.39 is 15.9 Å². The zero-order valence-electron chi connectivity index (χ0n) is 12.0. The Kier molecular flexibility index (Phi) is 5.18. The number of aryl methyl sites for hydroxylation is 2. The van der Waals surface area contributed by atoms with E-state index in [9.17, 15) is 13.2 Å². The van der Waals surface area contributed by atoms with Crippen LogP contribution in [0.25, 0.3) is 0 Å². The number of carbonyl (C=O) groups excluding carboxylic acids is 1. The molecule has 1 aromatic carbocycles. The number of nitriles is 1. The summed E-state index contributed by atoms with van der Waals surface area (Å²) in [5.41, 5.74) is 0.745. The molecule has 2 rings (SSSR count). The van der Waals surface area contributed by atoms with E-state index >= 15 is 0 Å². The van der Waals surface area contributed by atoms with Crippen LogP contribution in [-0.4, -0.2) is 19.5 Å². The van der Waals surface area contributed by atoms with E-state index in [1.165, 1.54) is 18.2 Å². The minimum Gasteiger partial charge on any atom is -0.361 e. The maximum absolute atomic E-state index is 12.2. The van der Waals surface area contributed by atoms with Crippen molar-refractivity contribution in [2.24, 2.45) is 0 Å². The minimum absolute atomic E-state index is 0.0513. The van der Waals surface area contributed by atoms with Gasteiger partial charge in [-0.05, 0) is 25.1 Å². The largest absolute Gasteiger partial charge is 0.361 e. The number of sulfonamides is 1. The standard InChI is InChI=1S/C14H12BrN3O4S/c1-9-4-12(17-22-9)2-3-14(19)18-23(20,21)13-6-10(8-16)5-11(15)7-13/h4-7H,2-3H2,1H3,(H,18,19). The lowest BCUT2D eigenvalue weighted by Crippen LogP contribution is -2.30. The molecule has 1 heterocycles. The third kappa shape index (κ3) is 4.64. The maximum atomic E-state index is 12.2. The number of halogens is 1. The lowest BCUT2D eigenvalue weighted by Gasteiger charge is -2.07. The molecule has 0 fully saturated rings. The van der Waals surface area contributed by atoms with Crippen molar-refractivity contribution in [3.05, 3.63) is 45.8 Å². The third-order valence-electron chi connectivity index (χ3n) is 2.84. The highest BCUT2D eigenvalue weighted by Gasteiger charge is 2.19. The second-order valence-corrected chi connectivity index (χ2v) is 7.34. The first-order valence-corrected chi connectivity index (χ1v) is 8.76. The zero-order chi connectivity index (χ0) is 17.0. The lowest BCUT2D eigenvalue weighted by molar-refractivity contribution is -0.119. The van der Waals surface area contributed by atoms with Crippen molar-refractivity contribution >= 4 is 31.9 Å². The fourth-order valence-corrected chi connectivity index (χ4v) is 3.55. The molecule has 23 heavy (non-hydrogen) atoms. The fraction of sp³-hybridized carbons (Fsp3) is 0.214. The Morgan fingerprint density at radius 2 is 2.13 bits per heavy atom. The summed E-state index contributed by atoms with van der Waals surface area (Å²) in [6.07, 6.45) is 0.213. The molecule has 0 bridgehead atoms. The van der Waals surface area contributed by atoms with Crippen molar-refractivity contribution in [2.45, 2.75) is 24.7 Å². The molecule has 0 saturated carbocycles. The number of benzene rings is 1. The number of aromatic nitrogens is 1. The maximum Gasteiger partial charge on any atom is 0.264 e. The van der Waals surface area contributed by atoms with Gasteiger partial charge in [0, 0.05) is 23.4 Å². The average molecular weight is 398 g/mol. The zero-order valence-corrected chi connectivity index (χ0v) is 14.4. The predicted octanol–water partition coefficient (Wildman–Crippen LogP) is 2.05. The molecule has 0 aliphatic carbocycles. The third-order valence-corrected chi connectivity index (χ3v) is 4.65. The van der Waals surface area contributed by atoms with Gasteiger partial charge in [0.05, 0.1) is 22.2 Å². The van der Waals surface area contributed by atoms with Gasteiger partial charge in [0.25, 0.3) is 10.0 Å². The van der Waals surface area contributed by atoms with Crippen LogP contribution >= 0.6 is 15.9 Å². The second-order valence-electron chi connectivity index (χ2n) is 4.74. The first-order valence-electron chi connectivity index (χ1n) is 6.49. The van der Waals surface area contributed by atoms with Gasteiger partial charge in [0.15, 0.2) is 0 Å². The van der Waals surface area contributed by atoms with E-state index in [4.69, 9.17) is 9.78 Å². The van der Waals surface area contributed by atoms with Gasteiger partial charge in [-0.15, -0.1) is 0 Å². The topological polar surface area (TPSA) is 113 Å². The minimum atomic E-state index is -4.04. The molecule has 0 radical (unpaired) electrons. The number of nitrogens with one attached hydrogen (secondary N) is 1. The van der Waals surface area contributed by atoms with E-state index in [-0.39, 0.29) is 23.3 Å². The molecule has 0 saturated heterocycles. The van der Waals surface area contributed by atoms with Crippen LogP contribution < -0.4 is 4.72 Å². The van der Waals surface area contributed by atoms with Crippen molar-refractivity contribution < 1.29 is 17.7 Å². The molecule has 9 heteroatoms. The molecular formula is C14H12BrN3O4S. The Morgan fingerprint density at radius 3 is 2.74 bits per heavy atom. The SMILES string of the molecule is Cc1cc(CCC(=O)NS(=O)(=O)c2cc(Br)cc(C#N)c2)no1. The van der Waals surface area contributed by atoms with Crippen LogP contribution in [0.15, 0.2) is 38.2 Å². The molecule has 7 nitrogen and oxygen atoms in total. The Hall–Kier alpha value is -2.18. The summed E-state index contributed by atoms with van der Waals surface area (Å²) in [7, 11) is -4.04. The highest BCUT2D eigenvalue weighted by molar-refractivity contribution is 9.10. The van der Waals surface area contributed by atoms with Crippen LogP contribution in [0.2, 0.25) is 0 Å². The predicted molar refractivity (Wildman–Crippen MR) is 83.7 cm³/mol. The lowest BCUT2D eigenvalue weighted by atomic mass is 10.2. The van der Waals surface area contributed by atoms with Gasteiger partial charge < -0.3 is 4.52 Å². The Labute approximate surface area is 141 Å². The number of hydrogen-bond acceptors (Lipinski definition) is 6. The summed E-state index contributed by atoms with van der Waals surface area (Å²) >= 11 is 3.13. The number of carbonyl (C=O) groups is 1. The quantitative estimate of drug-likeness (QED) is 0.825. The van der Waals surface area contributed by atoms with Gasteiger partial charge in [0.2, 0.25) is 5.91 Å². The molecule has 0 spiro atoms.